The first-order valence-electron chi connectivity index (χ1n) is 7.85. The van der Waals surface area contributed by atoms with Crippen LogP contribution in [0.4, 0.5) is 0 Å². The van der Waals surface area contributed by atoms with E-state index in [0.29, 0.717) is 11.3 Å². The van der Waals surface area contributed by atoms with E-state index in [4.69, 9.17) is 9.26 Å². The lowest BCUT2D eigenvalue weighted by molar-refractivity contribution is 0.0514. The zero-order valence-electron chi connectivity index (χ0n) is 13.6. The maximum atomic E-state index is 11.7. The van der Waals surface area contributed by atoms with Crippen molar-refractivity contribution in [1.29, 1.82) is 5.26 Å². The van der Waals surface area contributed by atoms with E-state index in [1.807, 2.05) is 24.4 Å². The Bertz CT molecular complexity index is 931. The van der Waals surface area contributed by atoms with Gasteiger partial charge in [0.15, 0.2) is 11.5 Å². The molecule has 0 fully saturated rings. The van der Waals surface area contributed by atoms with Crippen LogP contribution in [0.5, 0.6) is 0 Å². The molecule has 0 unspecified atom stereocenters. The Morgan fingerprint density at radius 1 is 1.38 bits per heavy atom. The minimum absolute atomic E-state index is 0.135. The fourth-order valence-corrected chi connectivity index (χ4v) is 2.68. The van der Waals surface area contributed by atoms with Crippen LogP contribution in [0, 0.1) is 11.3 Å². The fourth-order valence-electron chi connectivity index (χ4n) is 2.68. The van der Waals surface area contributed by atoms with Gasteiger partial charge in [-0.1, -0.05) is 12.1 Å². The summed E-state index contributed by atoms with van der Waals surface area (Å²) in [6.07, 6.45) is 2.85. The Labute approximate surface area is 139 Å². The molecule has 1 aromatic carbocycles. The van der Waals surface area contributed by atoms with Gasteiger partial charge in [-0.2, -0.15) is 5.26 Å². The van der Waals surface area contributed by atoms with Gasteiger partial charge in [0.2, 0.25) is 0 Å². The molecule has 0 bridgehead atoms. The van der Waals surface area contributed by atoms with Gasteiger partial charge in [-0.3, -0.25) is 0 Å². The van der Waals surface area contributed by atoms with Crippen LogP contribution in [0.1, 0.15) is 36.3 Å². The highest BCUT2D eigenvalue weighted by molar-refractivity contribution is 5.91. The molecule has 0 amide bonds. The molecule has 0 N–H and O–H groups in total. The first-order valence-corrected chi connectivity index (χ1v) is 7.85. The molecule has 3 aromatic rings. The highest BCUT2D eigenvalue weighted by Crippen LogP contribution is 2.28. The van der Waals surface area contributed by atoms with Gasteiger partial charge in [0, 0.05) is 35.3 Å². The van der Waals surface area contributed by atoms with Gasteiger partial charge in [0.25, 0.3) is 0 Å². The predicted molar refractivity (Wildman–Crippen MR) is 88.4 cm³/mol. The fraction of sp³-hybridized carbons (Fsp3) is 0.278. The van der Waals surface area contributed by atoms with Gasteiger partial charge < -0.3 is 13.8 Å². The molecule has 2 heterocycles. The van der Waals surface area contributed by atoms with Crippen molar-refractivity contribution in [3.8, 4) is 17.4 Å². The lowest BCUT2D eigenvalue weighted by Gasteiger charge is -2.03. The molecular weight excluding hydrogens is 306 g/mol. The van der Waals surface area contributed by atoms with Crippen molar-refractivity contribution >= 4 is 16.9 Å². The van der Waals surface area contributed by atoms with Crippen LogP contribution in [-0.2, 0) is 11.3 Å². The van der Waals surface area contributed by atoms with Crippen molar-refractivity contribution in [2.75, 3.05) is 6.61 Å². The molecule has 6 heteroatoms. The van der Waals surface area contributed by atoms with Crippen molar-refractivity contribution in [2.45, 2.75) is 26.8 Å². The van der Waals surface area contributed by atoms with Crippen molar-refractivity contribution < 1.29 is 14.1 Å². The molecule has 2 aromatic heterocycles. The van der Waals surface area contributed by atoms with Crippen molar-refractivity contribution in [3.05, 3.63) is 41.7 Å². The summed E-state index contributed by atoms with van der Waals surface area (Å²) in [5.74, 6) is -0.0486. The van der Waals surface area contributed by atoms with Crippen LogP contribution in [-0.4, -0.2) is 22.3 Å². The van der Waals surface area contributed by atoms with Crippen molar-refractivity contribution in [3.63, 3.8) is 0 Å². The minimum Gasteiger partial charge on any atom is -0.461 e. The number of fused-ring (bicyclic) bond motifs is 1. The molecule has 0 saturated heterocycles. The summed E-state index contributed by atoms with van der Waals surface area (Å²) in [7, 11) is 0. The molecule has 0 radical (unpaired) electrons. The summed E-state index contributed by atoms with van der Waals surface area (Å²) in [5, 5.41) is 14.0. The highest BCUT2D eigenvalue weighted by atomic mass is 16.5. The van der Waals surface area contributed by atoms with E-state index < -0.39 is 5.97 Å². The second kappa shape index (κ2) is 6.59. The number of carbonyl (C=O) groups excluding carboxylic acids is 1. The monoisotopic (exact) mass is 323 g/mol. The molecule has 6 nitrogen and oxygen atoms in total. The normalized spacial score (nSPS) is 10.7. The third-order valence-electron chi connectivity index (χ3n) is 3.75. The summed E-state index contributed by atoms with van der Waals surface area (Å²) < 4.78 is 12.2. The molecule has 122 valence electrons. The topological polar surface area (TPSA) is 81.0 Å². The van der Waals surface area contributed by atoms with E-state index in [1.54, 1.807) is 13.0 Å². The summed E-state index contributed by atoms with van der Waals surface area (Å²) in [6, 6.07) is 9.51. The predicted octanol–water partition coefficient (Wildman–Crippen LogP) is 3.75. The number of hydrogen-bond acceptors (Lipinski definition) is 5. The minimum atomic E-state index is -0.514. The molecule has 0 aliphatic heterocycles. The number of ether oxygens (including phenoxy) is 1. The molecule has 0 aliphatic carbocycles. The SMILES string of the molecule is CCCn1cc(C#N)c2cc(-c3cc(C(=O)OCC)no3)ccc21. The van der Waals surface area contributed by atoms with E-state index in [1.165, 1.54) is 0 Å². The lowest BCUT2D eigenvalue weighted by Crippen LogP contribution is -2.04. The molecule has 24 heavy (non-hydrogen) atoms. The summed E-state index contributed by atoms with van der Waals surface area (Å²) in [6.45, 7) is 4.96. The highest BCUT2D eigenvalue weighted by Gasteiger charge is 2.16. The van der Waals surface area contributed by atoms with Crippen LogP contribution >= 0.6 is 0 Å². The Morgan fingerprint density at radius 3 is 2.92 bits per heavy atom. The lowest BCUT2D eigenvalue weighted by atomic mass is 10.1. The standard InChI is InChI=1S/C18H17N3O3/c1-3-7-21-11-13(10-19)14-8-12(5-6-16(14)21)17-9-15(20-24-17)18(22)23-4-2/h5-6,8-9,11H,3-4,7H2,1-2H3. The van der Waals surface area contributed by atoms with E-state index in [9.17, 15) is 10.1 Å². The number of nitriles is 1. The first kappa shape index (κ1) is 15.8. The number of benzene rings is 1. The van der Waals surface area contributed by atoms with Gasteiger partial charge in [-0.15, -0.1) is 0 Å². The largest absolute Gasteiger partial charge is 0.461 e. The molecule has 0 atom stereocenters. The number of rotatable bonds is 5. The zero-order valence-corrected chi connectivity index (χ0v) is 13.6. The summed E-state index contributed by atoms with van der Waals surface area (Å²) in [4.78, 5) is 11.7. The number of aryl methyl sites for hydroxylation is 1. The van der Waals surface area contributed by atoms with Gasteiger partial charge in [-0.25, -0.2) is 4.79 Å². The zero-order chi connectivity index (χ0) is 17.1. The van der Waals surface area contributed by atoms with Gasteiger partial charge in [0.05, 0.1) is 12.2 Å². The van der Waals surface area contributed by atoms with E-state index in [2.05, 4.69) is 22.7 Å². The van der Waals surface area contributed by atoms with Crippen molar-refractivity contribution in [2.24, 2.45) is 0 Å². The van der Waals surface area contributed by atoms with Crippen molar-refractivity contribution in [1.82, 2.24) is 9.72 Å². The number of esters is 1. The van der Waals surface area contributed by atoms with Crippen LogP contribution in [0.2, 0.25) is 0 Å². The molecule has 0 saturated carbocycles. The second-order valence-electron chi connectivity index (χ2n) is 5.38. The van der Waals surface area contributed by atoms with Crippen LogP contribution in [0.25, 0.3) is 22.2 Å². The van der Waals surface area contributed by atoms with Gasteiger partial charge >= 0.3 is 5.97 Å². The Hall–Kier alpha value is -3.07. The molecule has 0 aliphatic rings. The molecule has 0 spiro atoms. The summed E-state index contributed by atoms with van der Waals surface area (Å²) >= 11 is 0. The number of aromatic nitrogens is 2. The third kappa shape index (κ3) is 2.76. The number of carbonyl (C=O) groups is 1. The summed E-state index contributed by atoms with van der Waals surface area (Å²) in [5.41, 5.74) is 2.51. The smallest absolute Gasteiger partial charge is 0.360 e. The molecule has 3 rings (SSSR count). The number of hydrogen-bond donors (Lipinski definition) is 0. The second-order valence-corrected chi connectivity index (χ2v) is 5.38. The Morgan fingerprint density at radius 2 is 2.21 bits per heavy atom. The number of nitrogens with zero attached hydrogens (tertiary/aromatic N) is 3. The Kier molecular flexibility index (Phi) is 4.34. The van der Waals surface area contributed by atoms with Crippen LogP contribution in [0.3, 0.4) is 0 Å². The van der Waals surface area contributed by atoms with E-state index in [-0.39, 0.29) is 12.3 Å². The van der Waals surface area contributed by atoms with Gasteiger partial charge in [-0.05, 0) is 31.5 Å². The first-order chi connectivity index (χ1) is 11.7. The average Bonchev–Trinajstić information content (AvgIpc) is 3.20. The third-order valence-corrected chi connectivity index (χ3v) is 3.75. The maximum absolute atomic E-state index is 11.7. The van der Waals surface area contributed by atoms with Crippen LogP contribution in [0.15, 0.2) is 35.0 Å². The van der Waals surface area contributed by atoms with Gasteiger partial charge in [0.1, 0.15) is 6.07 Å². The maximum Gasteiger partial charge on any atom is 0.360 e. The van der Waals surface area contributed by atoms with E-state index in [0.717, 1.165) is 29.4 Å². The van der Waals surface area contributed by atoms with Crippen LogP contribution < -0.4 is 0 Å². The Balaban J connectivity index is 2.02. The molecular formula is C18H17N3O3. The quantitative estimate of drug-likeness (QED) is 0.668. The average molecular weight is 323 g/mol. The van der Waals surface area contributed by atoms with E-state index >= 15 is 0 Å².